The van der Waals surface area contributed by atoms with Gasteiger partial charge in [0.1, 0.15) is 0 Å². The van der Waals surface area contributed by atoms with Crippen molar-refractivity contribution < 1.29 is 9.59 Å². The molecular weight excluding hydrogens is 438 g/mol. The number of aromatic nitrogens is 3. The average molecular weight is 458 g/mol. The summed E-state index contributed by atoms with van der Waals surface area (Å²) in [4.78, 5) is 39.3. The third kappa shape index (κ3) is 5.71. The lowest BCUT2D eigenvalue weighted by Gasteiger charge is -2.13. The highest BCUT2D eigenvalue weighted by Crippen LogP contribution is 2.27. The van der Waals surface area contributed by atoms with Gasteiger partial charge in [-0.25, -0.2) is 0 Å². The second-order valence-electron chi connectivity index (χ2n) is 6.77. The molecule has 0 fully saturated rings. The summed E-state index contributed by atoms with van der Waals surface area (Å²) < 4.78 is 0. The van der Waals surface area contributed by atoms with Crippen molar-refractivity contribution >= 4 is 46.6 Å². The summed E-state index contributed by atoms with van der Waals surface area (Å²) >= 11 is 7.13. The Balaban J connectivity index is 1.79. The molecule has 0 aliphatic carbocycles. The van der Waals surface area contributed by atoms with Crippen molar-refractivity contribution in [2.45, 2.75) is 31.2 Å². The number of halogens is 1. The van der Waals surface area contributed by atoms with Crippen LogP contribution < -0.4 is 16.2 Å². The van der Waals surface area contributed by atoms with Gasteiger partial charge in [0.2, 0.25) is 11.8 Å². The number of rotatable bonds is 6. The van der Waals surface area contributed by atoms with Gasteiger partial charge in [-0.2, -0.15) is 0 Å². The van der Waals surface area contributed by atoms with E-state index in [0.717, 1.165) is 17.3 Å². The monoisotopic (exact) mass is 457 g/mol. The van der Waals surface area contributed by atoms with E-state index in [0.29, 0.717) is 22.0 Å². The van der Waals surface area contributed by atoms with Gasteiger partial charge in [0.05, 0.1) is 21.6 Å². The zero-order valence-electron chi connectivity index (χ0n) is 17.0. The van der Waals surface area contributed by atoms with E-state index in [-0.39, 0.29) is 22.7 Å². The highest BCUT2D eigenvalue weighted by atomic mass is 35.5. The molecule has 0 spiro atoms. The number of thioether (sulfide) groups is 1. The van der Waals surface area contributed by atoms with Crippen LogP contribution in [0.5, 0.6) is 0 Å². The fourth-order valence-corrected chi connectivity index (χ4v) is 3.65. The number of carbonyl (C=O) groups is 2. The number of para-hydroxylation sites is 1. The first kappa shape index (κ1) is 22.5. The van der Waals surface area contributed by atoms with Crippen LogP contribution in [0.1, 0.15) is 19.4 Å². The van der Waals surface area contributed by atoms with E-state index in [2.05, 4.69) is 25.8 Å². The van der Waals surface area contributed by atoms with Gasteiger partial charge < -0.3 is 10.6 Å². The molecule has 3 aromatic rings. The van der Waals surface area contributed by atoms with Crippen molar-refractivity contribution in [1.82, 2.24) is 15.2 Å². The summed E-state index contributed by atoms with van der Waals surface area (Å²) in [6.45, 7) is 4.93. The Morgan fingerprint density at radius 3 is 2.52 bits per heavy atom. The van der Waals surface area contributed by atoms with Crippen molar-refractivity contribution in [3.8, 4) is 11.3 Å². The summed E-state index contributed by atoms with van der Waals surface area (Å²) in [5.41, 5.74) is 1.92. The van der Waals surface area contributed by atoms with Crippen molar-refractivity contribution in [1.29, 1.82) is 0 Å². The van der Waals surface area contributed by atoms with Gasteiger partial charge in [0.25, 0.3) is 5.56 Å². The number of carbonyl (C=O) groups excluding carboxylic acids is 2. The largest absolute Gasteiger partial charge is 0.326 e. The molecule has 2 aromatic carbocycles. The predicted molar refractivity (Wildman–Crippen MR) is 123 cm³/mol. The minimum absolute atomic E-state index is 0.0740. The number of amides is 2. The lowest BCUT2D eigenvalue weighted by atomic mass is 10.1. The lowest BCUT2D eigenvalue weighted by molar-refractivity contribution is -0.115. The summed E-state index contributed by atoms with van der Waals surface area (Å²) in [7, 11) is 0. The van der Waals surface area contributed by atoms with Crippen LogP contribution in [0, 0.1) is 6.92 Å². The van der Waals surface area contributed by atoms with Gasteiger partial charge in [0, 0.05) is 12.5 Å². The summed E-state index contributed by atoms with van der Waals surface area (Å²) in [6.07, 6.45) is 0. The first-order chi connectivity index (χ1) is 14.7. The molecule has 1 atom stereocenters. The highest BCUT2D eigenvalue weighted by Gasteiger charge is 2.19. The van der Waals surface area contributed by atoms with E-state index in [9.17, 15) is 14.4 Å². The zero-order valence-corrected chi connectivity index (χ0v) is 18.6. The molecule has 0 radical (unpaired) electrons. The Hall–Kier alpha value is -3.17. The Labute approximate surface area is 187 Å². The van der Waals surface area contributed by atoms with Gasteiger partial charge in [-0.15, -0.1) is 10.2 Å². The first-order valence-electron chi connectivity index (χ1n) is 9.32. The molecule has 1 aromatic heterocycles. The van der Waals surface area contributed by atoms with Crippen LogP contribution in [0.15, 0.2) is 52.4 Å². The molecule has 0 bridgehead atoms. The number of hydrogen-bond acceptors (Lipinski definition) is 6. The minimum atomic E-state index is -0.569. The summed E-state index contributed by atoms with van der Waals surface area (Å²) in [6, 6.07) is 12.2. The molecule has 0 saturated carbocycles. The molecule has 3 rings (SSSR count). The molecular formula is C21H20ClN5O3S. The summed E-state index contributed by atoms with van der Waals surface area (Å²) in [5.74, 6) is -0.559. The fourth-order valence-electron chi connectivity index (χ4n) is 2.72. The Morgan fingerprint density at radius 1 is 1.10 bits per heavy atom. The predicted octanol–water partition coefficient (Wildman–Crippen LogP) is 3.87. The molecule has 1 heterocycles. The Kier molecular flexibility index (Phi) is 7.09. The molecule has 0 aliphatic rings. The number of H-pyrrole nitrogens is 1. The third-order valence-corrected chi connectivity index (χ3v) is 5.51. The molecule has 31 heavy (non-hydrogen) atoms. The number of aromatic amines is 1. The molecule has 0 unspecified atom stereocenters. The van der Waals surface area contributed by atoms with Crippen LogP contribution in [0.4, 0.5) is 11.4 Å². The maximum Gasteiger partial charge on any atom is 0.278 e. The van der Waals surface area contributed by atoms with Crippen LogP contribution in [0.3, 0.4) is 0 Å². The van der Waals surface area contributed by atoms with E-state index in [1.54, 1.807) is 43.3 Å². The second kappa shape index (κ2) is 9.76. The number of benzene rings is 2. The van der Waals surface area contributed by atoms with Crippen molar-refractivity contribution in [3.05, 3.63) is 63.4 Å². The molecule has 160 valence electrons. The SMILES string of the molecule is CC(=O)Nc1ccc(C)cc1-c1nnc(S[C@H](C)C(=O)Nc2ccccc2Cl)[nH]c1=O. The maximum atomic E-state index is 12.7. The van der Waals surface area contributed by atoms with Gasteiger partial charge in [-0.05, 0) is 38.1 Å². The number of hydrogen-bond donors (Lipinski definition) is 3. The van der Waals surface area contributed by atoms with E-state index >= 15 is 0 Å². The van der Waals surface area contributed by atoms with Gasteiger partial charge in [-0.3, -0.25) is 19.4 Å². The maximum absolute atomic E-state index is 12.7. The number of nitrogens with one attached hydrogen (secondary N) is 3. The Morgan fingerprint density at radius 2 is 1.84 bits per heavy atom. The fraction of sp³-hybridized carbons (Fsp3) is 0.190. The van der Waals surface area contributed by atoms with Gasteiger partial charge in [-0.1, -0.05) is 47.1 Å². The lowest BCUT2D eigenvalue weighted by Crippen LogP contribution is -2.24. The third-order valence-electron chi connectivity index (χ3n) is 4.21. The normalized spacial score (nSPS) is 11.6. The topological polar surface area (TPSA) is 117 Å². The van der Waals surface area contributed by atoms with Gasteiger partial charge in [0.15, 0.2) is 10.9 Å². The molecule has 0 aliphatic heterocycles. The second-order valence-corrected chi connectivity index (χ2v) is 8.50. The van der Waals surface area contributed by atoms with E-state index in [1.807, 2.05) is 13.0 Å². The van der Waals surface area contributed by atoms with Crippen LogP contribution in [-0.2, 0) is 9.59 Å². The molecule has 8 nitrogen and oxygen atoms in total. The standard InChI is InChI=1S/C21H20ClN5O3S/c1-11-8-9-16(23-13(3)28)14(10-11)18-20(30)25-21(27-26-18)31-12(2)19(29)24-17-7-5-4-6-15(17)22/h4-10,12H,1-3H3,(H,23,28)(H,24,29)(H,25,27,30)/t12-/m1/s1. The zero-order chi connectivity index (χ0) is 22.5. The average Bonchev–Trinajstić information content (AvgIpc) is 2.71. The van der Waals surface area contributed by atoms with E-state index < -0.39 is 10.8 Å². The van der Waals surface area contributed by atoms with Crippen molar-refractivity contribution in [2.75, 3.05) is 10.6 Å². The van der Waals surface area contributed by atoms with Crippen LogP contribution in [0.25, 0.3) is 11.3 Å². The quantitative estimate of drug-likeness (QED) is 0.484. The number of nitrogens with zero attached hydrogens (tertiary/aromatic N) is 2. The van der Waals surface area contributed by atoms with Gasteiger partial charge >= 0.3 is 0 Å². The Bertz CT molecular complexity index is 1200. The molecule has 3 N–H and O–H groups in total. The van der Waals surface area contributed by atoms with Crippen molar-refractivity contribution in [2.24, 2.45) is 0 Å². The molecule has 2 amide bonds. The van der Waals surface area contributed by atoms with Crippen LogP contribution in [0.2, 0.25) is 5.02 Å². The van der Waals surface area contributed by atoms with Crippen LogP contribution >= 0.6 is 23.4 Å². The summed E-state index contributed by atoms with van der Waals surface area (Å²) in [5, 5.41) is 13.6. The first-order valence-corrected chi connectivity index (χ1v) is 10.6. The molecule has 10 heteroatoms. The smallest absolute Gasteiger partial charge is 0.278 e. The van der Waals surface area contributed by atoms with E-state index in [1.165, 1.54) is 6.92 Å². The highest BCUT2D eigenvalue weighted by molar-refractivity contribution is 8.00. The van der Waals surface area contributed by atoms with Crippen molar-refractivity contribution in [3.63, 3.8) is 0 Å². The minimum Gasteiger partial charge on any atom is -0.326 e. The number of anilines is 2. The number of aryl methyl sites for hydroxylation is 1. The molecule has 0 saturated heterocycles. The van der Waals surface area contributed by atoms with E-state index in [4.69, 9.17) is 11.6 Å². The van der Waals surface area contributed by atoms with Crippen LogP contribution in [-0.4, -0.2) is 32.2 Å².